The molecule has 0 saturated carbocycles. The van der Waals surface area contributed by atoms with Crippen molar-refractivity contribution in [3.05, 3.63) is 20.5 Å². The SMILES string of the molecule is Nc1nc2c(c(Cl)c(Cl)n2[C@H]2C[C@H](O)[C@@H](COP(=O)(O)OP(=O)(O)OP(=O)(O)O)O2)c(=O)[nH]1. The standard InChI is InChI=1S/C11H15Cl2N4O13P3/c12-7-6-9(15-11(14)16-10(6)19)17(8(7)13)5-1-3(18)4(28-5)2-27-32(23,24)30-33(25,26)29-31(20,21)22/h3-5,18H,1-2H2,(H,23,24)(H,25,26)(H2,20,21,22)(H3,14,15,16,19)/t3-,4+,5+/m0/s1. The van der Waals surface area contributed by atoms with Crippen molar-refractivity contribution in [1.82, 2.24) is 14.5 Å². The van der Waals surface area contributed by atoms with Gasteiger partial charge in [-0.05, 0) is 0 Å². The number of ether oxygens (including phenoxy) is 1. The lowest BCUT2D eigenvalue weighted by Crippen LogP contribution is -2.26. The lowest BCUT2D eigenvalue weighted by atomic mass is 10.2. The Bertz CT molecular complexity index is 1280. The number of hydrogen-bond acceptors (Lipinski definition) is 11. The van der Waals surface area contributed by atoms with Crippen molar-refractivity contribution >= 4 is 63.7 Å². The van der Waals surface area contributed by atoms with Crippen LogP contribution in [0.3, 0.4) is 0 Å². The Morgan fingerprint density at radius 3 is 2.42 bits per heavy atom. The molecular weight excluding hydrogens is 560 g/mol. The maximum absolute atomic E-state index is 12.1. The van der Waals surface area contributed by atoms with Gasteiger partial charge in [0.15, 0.2) is 5.65 Å². The van der Waals surface area contributed by atoms with Gasteiger partial charge in [-0.2, -0.15) is 13.6 Å². The van der Waals surface area contributed by atoms with Gasteiger partial charge in [0, 0.05) is 6.42 Å². The number of halogens is 2. The second kappa shape index (κ2) is 9.30. The molecule has 1 aliphatic heterocycles. The highest BCUT2D eigenvalue weighted by Gasteiger charge is 2.43. The van der Waals surface area contributed by atoms with E-state index in [4.69, 9.17) is 48.4 Å². The molecule has 0 aromatic carbocycles. The normalized spacial score (nSPS) is 25.2. The van der Waals surface area contributed by atoms with Gasteiger partial charge in [0.1, 0.15) is 22.9 Å². The number of aromatic amines is 1. The summed E-state index contributed by atoms with van der Waals surface area (Å²) in [6.45, 7) is -0.901. The Balaban J connectivity index is 1.75. The molecule has 33 heavy (non-hydrogen) atoms. The number of nitrogens with one attached hydrogen (secondary N) is 1. The summed E-state index contributed by atoms with van der Waals surface area (Å²) in [4.78, 5) is 54.0. The number of aliphatic hydroxyl groups is 1. The first kappa shape index (κ1) is 26.7. The molecule has 3 heterocycles. The van der Waals surface area contributed by atoms with E-state index in [1.165, 1.54) is 0 Å². The Kier molecular flexibility index (Phi) is 7.53. The van der Waals surface area contributed by atoms with E-state index in [0.29, 0.717) is 0 Å². The molecular formula is C11H15Cl2N4O13P3. The summed E-state index contributed by atoms with van der Waals surface area (Å²) < 4.78 is 52.2. The zero-order valence-corrected chi connectivity index (χ0v) is 19.9. The highest BCUT2D eigenvalue weighted by molar-refractivity contribution is 7.66. The summed E-state index contributed by atoms with van der Waals surface area (Å²) in [6, 6.07) is 0. The monoisotopic (exact) mass is 574 g/mol. The third kappa shape index (κ3) is 6.23. The van der Waals surface area contributed by atoms with Gasteiger partial charge in [-0.15, -0.1) is 0 Å². The summed E-state index contributed by atoms with van der Waals surface area (Å²) >= 11 is 12.3. The zero-order valence-electron chi connectivity index (χ0n) is 15.7. The molecule has 3 rings (SSSR count). The van der Waals surface area contributed by atoms with Crippen molar-refractivity contribution < 1.29 is 56.3 Å². The topological polar surface area (TPSA) is 266 Å². The van der Waals surface area contributed by atoms with E-state index in [1.807, 2.05) is 0 Å². The Morgan fingerprint density at radius 1 is 1.18 bits per heavy atom. The highest BCUT2D eigenvalue weighted by atomic mass is 35.5. The second-order valence-electron chi connectivity index (χ2n) is 6.44. The van der Waals surface area contributed by atoms with Crippen molar-refractivity contribution in [3.8, 4) is 0 Å². The Morgan fingerprint density at radius 2 is 1.82 bits per heavy atom. The number of aliphatic hydroxyl groups excluding tert-OH is 1. The lowest BCUT2D eigenvalue weighted by Gasteiger charge is -2.19. The second-order valence-corrected chi connectivity index (χ2v) is 11.6. The summed E-state index contributed by atoms with van der Waals surface area (Å²) in [5, 5.41) is 9.77. The number of rotatable bonds is 8. The number of phosphoric ester groups is 1. The third-order valence-corrected chi connectivity index (χ3v) is 8.71. The maximum atomic E-state index is 12.1. The zero-order chi connectivity index (χ0) is 24.9. The molecule has 1 aliphatic rings. The molecule has 1 saturated heterocycles. The minimum Gasteiger partial charge on any atom is -0.390 e. The van der Waals surface area contributed by atoms with Crippen molar-refractivity contribution in [3.63, 3.8) is 0 Å². The number of hydrogen-bond donors (Lipinski definition) is 7. The van der Waals surface area contributed by atoms with Gasteiger partial charge in [0.05, 0.1) is 17.7 Å². The summed E-state index contributed by atoms with van der Waals surface area (Å²) in [7, 11) is -16.7. The fourth-order valence-corrected chi connectivity index (χ4v) is 6.48. The van der Waals surface area contributed by atoms with Gasteiger partial charge in [0.2, 0.25) is 5.95 Å². The number of phosphoric acid groups is 3. The molecule has 2 unspecified atom stereocenters. The van der Waals surface area contributed by atoms with Gasteiger partial charge < -0.3 is 35.2 Å². The number of fused-ring (bicyclic) bond motifs is 1. The quantitative estimate of drug-likeness (QED) is 0.213. The first-order valence-electron chi connectivity index (χ1n) is 8.36. The van der Waals surface area contributed by atoms with Crippen LogP contribution in [0.4, 0.5) is 5.95 Å². The van der Waals surface area contributed by atoms with Crippen LogP contribution in [-0.4, -0.2) is 58.0 Å². The highest BCUT2D eigenvalue weighted by Crippen LogP contribution is 2.66. The number of H-pyrrole nitrogens is 1. The van der Waals surface area contributed by atoms with Crippen LogP contribution in [-0.2, 0) is 31.6 Å². The van der Waals surface area contributed by atoms with Gasteiger partial charge >= 0.3 is 23.5 Å². The average Bonchev–Trinajstić information content (AvgIpc) is 3.07. The van der Waals surface area contributed by atoms with Gasteiger partial charge in [-0.3, -0.25) is 18.9 Å². The minimum absolute atomic E-state index is 0.0722. The van der Waals surface area contributed by atoms with Crippen molar-refractivity contribution in [2.24, 2.45) is 0 Å². The van der Waals surface area contributed by atoms with Crippen LogP contribution in [0, 0.1) is 0 Å². The van der Waals surface area contributed by atoms with Crippen LogP contribution in [0.5, 0.6) is 0 Å². The number of aromatic nitrogens is 3. The average molecular weight is 575 g/mol. The van der Waals surface area contributed by atoms with Crippen LogP contribution < -0.4 is 11.3 Å². The number of nitrogen functional groups attached to an aromatic ring is 1. The van der Waals surface area contributed by atoms with E-state index < -0.39 is 54.1 Å². The van der Waals surface area contributed by atoms with Crippen LogP contribution in [0.2, 0.25) is 10.2 Å². The summed E-state index contributed by atoms with van der Waals surface area (Å²) in [5.74, 6) is -0.262. The number of anilines is 1. The van der Waals surface area contributed by atoms with E-state index in [0.717, 1.165) is 4.57 Å². The van der Waals surface area contributed by atoms with Crippen LogP contribution in [0.1, 0.15) is 12.6 Å². The Labute approximate surface area is 192 Å². The smallest absolute Gasteiger partial charge is 0.390 e. The molecule has 17 nitrogen and oxygen atoms in total. The minimum atomic E-state index is -5.71. The van der Waals surface area contributed by atoms with Crippen molar-refractivity contribution in [2.45, 2.75) is 24.9 Å². The molecule has 2 aromatic heterocycles. The Hall–Kier alpha value is -0.870. The molecule has 0 bridgehead atoms. The predicted molar refractivity (Wildman–Crippen MR) is 109 cm³/mol. The van der Waals surface area contributed by atoms with Crippen molar-refractivity contribution in [1.29, 1.82) is 0 Å². The summed E-state index contributed by atoms with van der Waals surface area (Å²) in [5.41, 5.74) is 4.78. The number of nitrogens with zero attached hydrogens (tertiary/aromatic N) is 2. The lowest BCUT2D eigenvalue weighted by molar-refractivity contribution is -0.0420. The molecule has 1 fully saturated rings. The van der Waals surface area contributed by atoms with Crippen LogP contribution >= 0.6 is 46.7 Å². The predicted octanol–water partition coefficient (Wildman–Crippen LogP) is 0.605. The summed E-state index contributed by atoms with van der Waals surface area (Å²) in [6.07, 6.45) is -4.00. The van der Waals surface area contributed by atoms with Crippen molar-refractivity contribution in [2.75, 3.05) is 12.3 Å². The third-order valence-electron chi connectivity index (χ3n) is 4.07. The van der Waals surface area contributed by atoms with Gasteiger partial charge in [0.25, 0.3) is 5.56 Å². The fraction of sp³-hybridized carbons (Fsp3) is 0.455. The molecule has 186 valence electrons. The molecule has 0 radical (unpaired) electrons. The van der Waals surface area contributed by atoms with Crippen LogP contribution in [0.25, 0.3) is 11.0 Å². The first-order chi connectivity index (χ1) is 15.0. The molecule has 0 spiro atoms. The van der Waals surface area contributed by atoms with Gasteiger partial charge in [-0.1, -0.05) is 23.2 Å². The maximum Gasteiger partial charge on any atom is 0.490 e. The van der Waals surface area contributed by atoms with Crippen LogP contribution in [0.15, 0.2) is 4.79 Å². The number of nitrogens with two attached hydrogens (primary N) is 1. The van der Waals surface area contributed by atoms with E-state index in [9.17, 15) is 28.5 Å². The van der Waals surface area contributed by atoms with E-state index >= 15 is 0 Å². The molecule has 8 N–H and O–H groups in total. The molecule has 22 heteroatoms. The van der Waals surface area contributed by atoms with E-state index in [2.05, 4.69) is 23.1 Å². The largest absolute Gasteiger partial charge is 0.490 e. The first-order valence-corrected chi connectivity index (χ1v) is 13.6. The molecule has 2 aromatic rings. The molecule has 0 amide bonds. The fourth-order valence-electron chi connectivity index (χ4n) is 2.91. The van der Waals surface area contributed by atoms with Gasteiger partial charge in [-0.25, -0.2) is 13.7 Å². The molecule has 0 aliphatic carbocycles. The van der Waals surface area contributed by atoms with E-state index in [-0.39, 0.29) is 33.6 Å². The molecule has 5 atom stereocenters. The van der Waals surface area contributed by atoms with E-state index in [1.54, 1.807) is 0 Å².